The molecule has 4 rings (SSSR count). The van der Waals surface area contributed by atoms with Crippen LogP contribution >= 0.6 is 43.6 Å². The first kappa shape index (κ1) is 26.2. The molecular formula is C27H22Br2N2O4S. The molecule has 0 unspecified atom stereocenters. The topological polar surface area (TPSA) is 75.7 Å². The van der Waals surface area contributed by atoms with Gasteiger partial charge in [-0.1, -0.05) is 42.0 Å². The number of imide groups is 1. The van der Waals surface area contributed by atoms with E-state index in [1.165, 1.54) is 4.90 Å². The maximum absolute atomic E-state index is 12.9. The van der Waals surface area contributed by atoms with Crippen molar-refractivity contribution in [1.82, 2.24) is 4.90 Å². The van der Waals surface area contributed by atoms with Gasteiger partial charge in [-0.05, 0) is 105 Å². The molecule has 1 fully saturated rings. The third-order valence-electron chi connectivity index (χ3n) is 5.26. The minimum absolute atomic E-state index is 0.178. The van der Waals surface area contributed by atoms with Gasteiger partial charge in [0.2, 0.25) is 0 Å². The van der Waals surface area contributed by atoms with Crippen molar-refractivity contribution in [3.8, 4) is 5.75 Å². The average molecular weight is 630 g/mol. The number of ether oxygens (including phenoxy) is 1. The molecule has 6 nitrogen and oxygen atoms in total. The fourth-order valence-corrected chi connectivity index (χ4v) is 5.93. The first-order valence-electron chi connectivity index (χ1n) is 11.0. The zero-order valence-electron chi connectivity index (χ0n) is 19.5. The number of nitrogens with zero attached hydrogens (tertiary/aromatic N) is 1. The van der Waals surface area contributed by atoms with E-state index >= 15 is 0 Å². The summed E-state index contributed by atoms with van der Waals surface area (Å²) in [7, 11) is 0. The molecule has 1 saturated heterocycles. The Hall–Kier alpha value is -2.88. The Bertz CT molecular complexity index is 1370. The van der Waals surface area contributed by atoms with E-state index in [0.29, 0.717) is 30.9 Å². The zero-order valence-corrected chi connectivity index (χ0v) is 23.5. The molecule has 0 aromatic heterocycles. The van der Waals surface area contributed by atoms with Gasteiger partial charge in [-0.2, -0.15) is 0 Å². The molecule has 1 aliphatic rings. The van der Waals surface area contributed by atoms with Gasteiger partial charge in [-0.3, -0.25) is 19.3 Å². The molecule has 3 aromatic rings. The Morgan fingerprint density at radius 3 is 2.33 bits per heavy atom. The minimum atomic E-state index is -0.327. The quantitative estimate of drug-likeness (QED) is 0.283. The van der Waals surface area contributed by atoms with Gasteiger partial charge < -0.3 is 10.1 Å². The Kier molecular flexibility index (Phi) is 8.33. The van der Waals surface area contributed by atoms with Crippen LogP contribution in [0.5, 0.6) is 5.75 Å². The Balaban J connectivity index is 1.43. The second kappa shape index (κ2) is 11.5. The molecule has 3 amide bonds. The highest BCUT2D eigenvalue weighted by Gasteiger charge is 2.35. The van der Waals surface area contributed by atoms with Crippen molar-refractivity contribution in [2.75, 3.05) is 11.9 Å². The van der Waals surface area contributed by atoms with Crippen LogP contribution in [0, 0.1) is 13.8 Å². The van der Waals surface area contributed by atoms with Crippen molar-refractivity contribution in [3.63, 3.8) is 0 Å². The fraction of sp³-hybridized carbons (Fsp3) is 0.148. The van der Waals surface area contributed by atoms with E-state index in [1.807, 2.05) is 62.4 Å². The highest BCUT2D eigenvalue weighted by atomic mass is 79.9. The first-order chi connectivity index (χ1) is 17.2. The summed E-state index contributed by atoms with van der Waals surface area (Å²) in [6.07, 6.45) is 1.67. The van der Waals surface area contributed by atoms with E-state index in [0.717, 1.165) is 28.5 Å². The predicted molar refractivity (Wildman–Crippen MR) is 150 cm³/mol. The number of rotatable bonds is 7. The molecule has 1 aliphatic heterocycles. The van der Waals surface area contributed by atoms with Gasteiger partial charge in [-0.25, -0.2) is 0 Å². The summed E-state index contributed by atoms with van der Waals surface area (Å²) in [5, 5.41) is 2.50. The molecule has 0 spiro atoms. The first-order valence-corrected chi connectivity index (χ1v) is 13.4. The fourth-order valence-electron chi connectivity index (χ4n) is 3.64. The van der Waals surface area contributed by atoms with E-state index in [4.69, 9.17) is 4.74 Å². The summed E-state index contributed by atoms with van der Waals surface area (Å²) in [4.78, 5) is 39.3. The van der Waals surface area contributed by atoms with E-state index in [9.17, 15) is 14.4 Å². The Morgan fingerprint density at radius 2 is 1.67 bits per heavy atom. The van der Waals surface area contributed by atoms with E-state index in [1.54, 1.807) is 18.2 Å². The Morgan fingerprint density at radius 1 is 1.00 bits per heavy atom. The van der Waals surface area contributed by atoms with Crippen molar-refractivity contribution in [3.05, 3.63) is 96.8 Å². The highest BCUT2D eigenvalue weighted by molar-refractivity contribution is 9.11. The van der Waals surface area contributed by atoms with Crippen LogP contribution in [0.2, 0.25) is 0 Å². The summed E-state index contributed by atoms with van der Waals surface area (Å²) in [6.45, 7) is 3.97. The lowest BCUT2D eigenvalue weighted by atomic mass is 10.1. The standard InChI is InChI=1S/C27H22Br2N2O4S/c1-16-5-3-7-18(9-16)14-31-26(33)23(36-27(31)34)13-19-11-21(28)25(22(29)12-19)35-15-24(32)30-20-8-4-6-17(2)10-20/h3-13H,14-15H2,1-2H3,(H,30,32)/b23-13-. The SMILES string of the molecule is Cc1cccc(CN2C(=O)S/C(=C\c3cc(Br)c(OCC(=O)Nc4cccc(C)c4)c(Br)c3)C2=O)c1. The van der Waals surface area contributed by atoms with Crippen molar-refractivity contribution in [2.45, 2.75) is 20.4 Å². The van der Waals surface area contributed by atoms with Crippen LogP contribution in [-0.4, -0.2) is 28.6 Å². The number of nitrogens with one attached hydrogen (secondary N) is 1. The monoisotopic (exact) mass is 628 g/mol. The van der Waals surface area contributed by atoms with Gasteiger partial charge in [0, 0.05) is 5.69 Å². The normalized spacial score (nSPS) is 14.4. The van der Waals surface area contributed by atoms with Crippen molar-refractivity contribution >= 4 is 72.4 Å². The largest absolute Gasteiger partial charge is 0.481 e. The summed E-state index contributed by atoms with van der Waals surface area (Å²) in [5.74, 6) is -0.156. The number of aryl methyl sites for hydroxylation is 2. The number of thioether (sulfide) groups is 1. The molecule has 0 atom stereocenters. The third-order valence-corrected chi connectivity index (χ3v) is 7.35. The van der Waals surface area contributed by atoms with Gasteiger partial charge >= 0.3 is 0 Å². The maximum Gasteiger partial charge on any atom is 0.293 e. The van der Waals surface area contributed by atoms with Gasteiger partial charge in [0.1, 0.15) is 5.75 Å². The predicted octanol–water partition coefficient (Wildman–Crippen LogP) is 7.08. The van der Waals surface area contributed by atoms with E-state index < -0.39 is 0 Å². The van der Waals surface area contributed by atoms with Gasteiger partial charge in [-0.15, -0.1) is 0 Å². The molecule has 1 N–H and O–H groups in total. The number of carbonyl (C=O) groups is 3. The van der Waals surface area contributed by atoms with Crippen molar-refractivity contribution in [2.24, 2.45) is 0 Å². The summed E-state index contributed by atoms with van der Waals surface area (Å²) in [6, 6.07) is 18.8. The molecule has 184 valence electrons. The molecule has 1 heterocycles. The third kappa shape index (κ3) is 6.46. The molecule has 36 heavy (non-hydrogen) atoms. The van der Waals surface area contributed by atoms with Crippen LogP contribution in [0.15, 0.2) is 74.5 Å². The van der Waals surface area contributed by atoms with Crippen molar-refractivity contribution in [1.29, 1.82) is 0 Å². The van der Waals surface area contributed by atoms with Crippen LogP contribution in [-0.2, 0) is 16.1 Å². The van der Waals surface area contributed by atoms with Crippen LogP contribution in [0.4, 0.5) is 10.5 Å². The molecule has 0 bridgehead atoms. The van der Waals surface area contributed by atoms with Gasteiger partial charge in [0.05, 0.1) is 20.4 Å². The minimum Gasteiger partial charge on any atom is -0.481 e. The summed E-state index contributed by atoms with van der Waals surface area (Å²) in [5.41, 5.74) is 4.42. The van der Waals surface area contributed by atoms with Crippen LogP contribution in [0.3, 0.4) is 0 Å². The lowest BCUT2D eigenvalue weighted by Crippen LogP contribution is -2.27. The number of carbonyl (C=O) groups excluding carboxylic acids is 3. The molecule has 0 aliphatic carbocycles. The second-order valence-corrected chi connectivity index (χ2v) is 11.0. The highest BCUT2D eigenvalue weighted by Crippen LogP contribution is 2.38. The molecule has 0 saturated carbocycles. The maximum atomic E-state index is 12.9. The Labute approximate surface area is 230 Å². The molecular weight excluding hydrogens is 608 g/mol. The number of hydrogen-bond donors (Lipinski definition) is 1. The average Bonchev–Trinajstić information content (AvgIpc) is 3.06. The number of hydrogen-bond acceptors (Lipinski definition) is 5. The van der Waals surface area contributed by atoms with E-state index in [-0.39, 0.29) is 30.2 Å². The van der Waals surface area contributed by atoms with Gasteiger partial charge in [0.25, 0.3) is 17.1 Å². The van der Waals surface area contributed by atoms with Crippen LogP contribution in [0.1, 0.15) is 22.3 Å². The summed E-state index contributed by atoms with van der Waals surface area (Å²) < 4.78 is 6.93. The lowest BCUT2D eigenvalue weighted by Gasteiger charge is -2.13. The smallest absolute Gasteiger partial charge is 0.293 e. The number of halogens is 2. The molecule has 9 heteroatoms. The van der Waals surface area contributed by atoms with Crippen molar-refractivity contribution < 1.29 is 19.1 Å². The lowest BCUT2D eigenvalue weighted by molar-refractivity contribution is -0.123. The van der Waals surface area contributed by atoms with E-state index in [2.05, 4.69) is 37.2 Å². The number of benzene rings is 3. The van der Waals surface area contributed by atoms with Crippen LogP contribution < -0.4 is 10.1 Å². The van der Waals surface area contributed by atoms with Gasteiger partial charge in [0.15, 0.2) is 6.61 Å². The number of anilines is 1. The number of amides is 3. The zero-order chi connectivity index (χ0) is 25.8. The molecule has 3 aromatic carbocycles. The molecule has 0 radical (unpaired) electrons. The second-order valence-electron chi connectivity index (χ2n) is 8.28. The summed E-state index contributed by atoms with van der Waals surface area (Å²) >= 11 is 7.87. The van der Waals surface area contributed by atoms with Crippen LogP contribution in [0.25, 0.3) is 6.08 Å².